The number of rotatable bonds is 3. The van der Waals surface area contributed by atoms with Crippen molar-refractivity contribution in [3.05, 3.63) is 17.8 Å². The van der Waals surface area contributed by atoms with E-state index in [1.165, 1.54) is 18.9 Å². The lowest BCUT2D eigenvalue weighted by atomic mass is 9.91. The summed E-state index contributed by atoms with van der Waals surface area (Å²) in [7, 11) is 0. The molecule has 0 bridgehead atoms. The first kappa shape index (κ1) is 13.2. The van der Waals surface area contributed by atoms with Crippen LogP contribution in [0.4, 0.5) is 5.82 Å². The minimum atomic E-state index is -0.935. The van der Waals surface area contributed by atoms with Gasteiger partial charge in [0.15, 0.2) is 0 Å². The van der Waals surface area contributed by atoms with E-state index in [0.29, 0.717) is 5.25 Å². The van der Waals surface area contributed by atoms with Crippen LogP contribution in [0.1, 0.15) is 43.0 Å². The molecule has 1 saturated carbocycles. The van der Waals surface area contributed by atoms with E-state index < -0.39 is 5.97 Å². The fourth-order valence-electron chi connectivity index (χ4n) is 2.39. The summed E-state index contributed by atoms with van der Waals surface area (Å²) < 4.78 is 0. The van der Waals surface area contributed by atoms with Crippen LogP contribution in [0.3, 0.4) is 0 Å². The van der Waals surface area contributed by atoms with Gasteiger partial charge >= 0.3 is 5.97 Å². The number of nitrogens with zero attached hydrogens (tertiary/aromatic N) is 1. The number of anilines is 1. The van der Waals surface area contributed by atoms with Crippen LogP contribution in [-0.2, 0) is 0 Å². The summed E-state index contributed by atoms with van der Waals surface area (Å²) in [6.45, 7) is 2.26. The van der Waals surface area contributed by atoms with Gasteiger partial charge in [0.1, 0.15) is 5.82 Å². The summed E-state index contributed by atoms with van der Waals surface area (Å²) >= 11 is 1.63. The Morgan fingerprint density at radius 3 is 3.00 bits per heavy atom. The molecule has 1 fully saturated rings. The topological polar surface area (TPSA) is 76.2 Å². The molecule has 0 spiro atoms. The molecule has 0 aromatic carbocycles. The first-order valence-corrected chi connectivity index (χ1v) is 7.09. The van der Waals surface area contributed by atoms with Crippen LogP contribution in [-0.4, -0.2) is 21.3 Å². The van der Waals surface area contributed by atoms with Crippen molar-refractivity contribution in [1.82, 2.24) is 4.98 Å². The number of carboxylic acids is 1. The highest BCUT2D eigenvalue weighted by Gasteiger charge is 2.22. The Kier molecular flexibility index (Phi) is 4.11. The molecule has 4 nitrogen and oxygen atoms in total. The average molecular weight is 266 g/mol. The zero-order chi connectivity index (χ0) is 13.1. The van der Waals surface area contributed by atoms with Crippen molar-refractivity contribution >= 4 is 23.5 Å². The summed E-state index contributed by atoms with van der Waals surface area (Å²) in [5.74, 6) is 0.0514. The first-order valence-electron chi connectivity index (χ1n) is 6.21. The molecule has 0 aliphatic heterocycles. The molecule has 1 aromatic heterocycles. The smallest absolute Gasteiger partial charge is 0.337 e. The largest absolute Gasteiger partial charge is 0.478 e. The highest BCUT2D eigenvalue weighted by Crippen LogP contribution is 2.37. The SMILES string of the molecule is CC1CCCC(Sc2cnc(N)cc2C(=O)O)C1. The van der Waals surface area contributed by atoms with Gasteiger partial charge in [0.25, 0.3) is 0 Å². The number of thioether (sulfide) groups is 1. The van der Waals surface area contributed by atoms with E-state index >= 15 is 0 Å². The number of pyridine rings is 1. The number of hydrogen-bond donors (Lipinski definition) is 2. The molecule has 0 radical (unpaired) electrons. The lowest BCUT2D eigenvalue weighted by molar-refractivity contribution is 0.0693. The molecule has 18 heavy (non-hydrogen) atoms. The van der Waals surface area contributed by atoms with Gasteiger partial charge < -0.3 is 10.8 Å². The molecule has 5 heteroatoms. The molecule has 2 unspecified atom stereocenters. The van der Waals surface area contributed by atoms with Crippen molar-refractivity contribution in [2.45, 2.75) is 42.8 Å². The van der Waals surface area contributed by atoms with Gasteiger partial charge in [0, 0.05) is 16.3 Å². The van der Waals surface area contributed by atoms with Crippen molar-refractivity contribution in [3.8, 4) is 0 Å². The standard InChI is InChI=1S/C13H18N2O2S/c1-8-3-2-4-9(5-8)18-11-7-15-12(14)6-10(11)13(16)17/h6-9H,2-5H2,1H3,(H2,14,15)(H,16,17). The summed E-state index contributed by atoms with van der Waals surface area (Å²) in [6, 6.07) is 1.44. The Hall–Kier alpha value is -1.23. The average Bonchev–Trinajstić information content (AvgIpc) is 2.31. The Morgan fingerprint density at radius 1 is 1.56 bits per heavy atom. The predicted octanol–water partition coefficient (Wildman–Crippen LogP) is 3.03. The van der Waals surface area contributed by atoms with Crippen LogP contribution in [0.2, 0.25) is 0 Å². The molecule has 1 aliphatic rings. The maximum absolute atomic E-state index is 11.2. The number of nitrogens with two attached hydrogens (primary N) is 1. The number of aromatic carboxylic acids is 1. The van der Waals surface area contributed by atoms with Crippen molar-refractivity contribution in [2.24, 2.45) is 5.92 Å². The number of aromatic nitrogens is 1. The van der Waals surface area contributed by atoms with Crippen LogP contribution in [0.15, 0.2) is 17.2 Å². The van der Waals surface area contributed by atoms with Crippen LogP contribution in [0, 0.1) is 5.92 Å². The van der Waals surface area contributed by atoms with E-state index in [0.717, 1.165) is 23.7 Å². The number of carboxylic acid groups (broad SMARTS) is 1. The highest BCUT2D eigenvalue weighted by molar-refractivity contribution is 8.00. The first-order chi connectivity index (χ1) is 8.56. The van der Waals surface area contributed by atoms with Gasteiger partial charge in [-0.25, -0.2) is 9.78 Å². The maximum Gasteiger partial charge on any atom is 0.337 e. The van der Waals surface area contributed by atoms with Gasteiger partial charge in [-0.3, -0.25) is 0 Å². The molecule has 1 heterocycles. The summed E-state index contributed by atoms with van der Waals surface area (Å²) in [5.41, 5.74) is 5.81. The molecule has 3 N–H and O–H groups in total. The highest BCUT2D eigenvalue weighted by atomic mass is 32.2. The molecule has 2 rings (SSSR count). The van der Waals surface area contributed by atoms with Crippen LogP contribution >= 0.6 is 11.8 Å². The Balaban J connectivity index is 2.15. The third kappa shape index (κ3) is 3.16. The molecule has 0 amide bonds. The number of nitrogen functional groups attached to an aromatic ring is 1. The lowest BCUT2D eigenvalue weighted by Gasteiger charge is -2.26. The second-order valence-electron chi connectivity index (χ2n) is 4.92. The van der Waals surface area contributed by atoms with Gasteiger partial charge in [0.05, 0.1) is 5.56 Å². The van der Waals surface area contributed by atoms with Crippen LogP contribution in [0.25, 0.3) is 0 Å². The minimum absolute atomic E-state index is 0.258. The number of hydrogen-bond acceptors (Lipinski definition) is 4. The Labute approximate surface area is 111 Å². The van der Waals surface area contributed by atoms with E-state index in [2.05, 4.69) is 11.9 Å². The minimum Gasteiger partial charge on any atom is -0.478 e. The van der Waals surface area contributed by atoms with Crippen molar-refractivity contribution in [1.29, 1.82) is 0 Å². The Bertz CT molecular complexity index is 451. The van der Waals surface area contributed by atoms with E-state index in [9.17, 15) is 9.90 Å². The summed E-state index contributed by atoms with van der Waals surface area (Å²) in [4.78, 5) is 15.9. The maximum atomic E-state index is 11.2. The van der Waals surface area contributed by atoms with Gasteiger partial charge in [-0.15, -0.1) is 11.8 Å². The Morgan fingerprint density at radius 2 is 2.33 bits per heavy atom. The monoisotopic (exact) mass is 266 g/mol. The predicted molar refractivity (Wildman–Crippen MR) is 72.9 cm³/mol. The molecular formula is C13H18N2O2S. The third-order valence-electron chi connectivity index (χ3n) is 3.30. The summed E-state index contributed by atoms with van der Waals surface area (Å²) in [6.07, 6.45) is 6.39. The second-order valence-corrected chi connectivity index (χ2v) is 6.26. The number of carbonyl (C=O) groups is 1. The molecule has 1 aliphatic carbocycles. The third-order valence-corrected chi connectivity index (χ3v) is 4.64. The molecule has 0 saturated heterocycles. The fourth-order valence-corrected chi connectivity index (χ4v) is 3.84. The van der Waals surface area contributed by atoms with Crippen molar-refractivity contribution in [3.63, 3.8) is 0 Å². The zero-order valence-corrected chi connectivity index (χ0v) is 11.2. The normalized spacial score (nSPS) is 23.8. The summed E-state index contributed by atoms with van der Waals surface area (Å²) in [5, 5.41) is 9.67. The molecule has 1 aromatic rings. The van der Waals surface area contributed by atoms with E-state index in [4.69, 9.17) is 5.73 Å². The van der Waals surface area contributed by atoms with Gasteiger partial charge in [0.2, 0.25) is 0 Å². The van der Waals surface area contributed by atoms with Crippen molar-refractivity contribution < 1.29 is 9.90 Å². The fraction of sp³-hybridized carbons (Fsp3) is 0.538. The van der Waals surface area contributed by atoms with E-state index in [1.54, 1.807) is 18.0 Å². The second kappa shape index (κ2) is 5.61. The van der Waals surface area contributed by atoms with Gasteiger partial charge in [-0.2, -0.15) is 0 Å². The molecule has 98 valence electrons. The van der Waals surface area contributed by atoms with E-state index in [-0.39, 0.29) is 11.4 Å². The zero-order valence-electron chi connectivity index (χ0n) is 10.4. The van der Waals surface area contributed by atoms with Crippen molar-refractivity contribution in [2.75, 3.05) is 5.73 Å². The molecule has 2 atom stereocenters. The molecular weight excluding hydrogens is 248 g/mol. The van der Waals surface area contributed by atoms with Gasteiger partial charge in [-0.1, -0.05) is 19.8 Å². The van der Waals surface area contributed by atoms with E-state index in [1.807, 2.05) is 0 Å². The van der Waals surface area contributed by atoms with Crippen LogP contribution < -0.4 is 5.73 Å². The van der Waals surface area contributed by atoms with Crippen LogP contribution in [0.5, 0.6) is 0 Å². The van der Waals surface area contributed by atoms with Gasteiger partial charge in [-0.05, 0) is 24.8 Å². The quantitative estimate of drug-likeness (QED) is 0.879. The lowest BCUT2D eigenvalue weighted by Crippen LogP contribution is -2.15.